The highest BCUT2D eigenvalue weighted by Gasteiger charge is 2.61. The van der Waals surface area contributed by atoms with Gasteiger partial charge in [0.25, 0.3) is 0 Å². The van der Waals surface area contributed by atoms with Gasteiger partial charge in [-0.2, -0.15) is 8.62 Å². The molecule has 0 aromatic rings. The third-order valence-corrected chi connectivity index (χ3v) is 9.60. The van der Waals surface area contributed by atoms with Gasteiger partial charge in [0.2, 0.25) is 0 Å². The minimum atomic E-state index is -6.39. The molecule has 1 aliphatic rings. The summed E-state index contributed by atoms with van der Waals surface area (Å²) in [5, 5.41) is 10.5. The quantitative estimate of drug-likeness (QED) is 0.0788. The summed E-state index contributed by atoms with van der Waals surface area (Å²) in [4.78, 5) is 109. The Bertz CT molecular complexity index is 1230. The van der Waals surface area contributed by atoms with E-state index in [0.717, 1.165) is 0 Å². The number of aliphatic hydroxyl groups is 1. The molecule has 1 fully saturated rings. The molecule has 0 aromatic heterocycles. The molecule has 0 saturated heterocycles. The Balaban J connectivity index is 3.95. The van der Waals surface area contributed by atoms with E-state index in [9.17, 15) is 56.6 Å². The molecule has 34 heteroatoms. The smallest absolute Gasteiger partial charge is 0.387 e. The molecule has 0 aliphatic heterocycles. The van der Waals surface area contributed by atoms with Crippen molar-refractivity contribution in [2.75, 3.05) is 0 Å². The third kappa shape index (κ3) is 14.5. The van der Waals surface area contributed by atoms with Crippen molar-refractivity contribution in [3.8, 4) is 0 Å². The zero-order chi connectivity index (χ0) is 31.9. The Morgan fingerprint density at radius 3 is 0.875 bits per heavy atom. The fourth-order valence-electron chi connectivity index (χ4n) is 2.83. The van der Waals surface area contributed by atoms with Crippen molar-refractivity contribution in [3.05, 3.63) is 0 Å². The van der Waals surface area contributed by atoms with Crippen LogP contribution in [0.1, 0.15) is 0 Å². The highest BCUT2D eigenvalue weighted by Crippen LogP contribution is 2.63. The van der Waals surface area contributed by atoms with Crippen LogP contribution in [0.5, 0.6) is 0 Å². The van der Waals surface area contributed by atoms with Crippen molar-refractivity contribution in [3.63, 3.8) is 0 Å². The molecular formula is C6H19O27P7. The average Bonchev–Trinajstić information content (AvgIpc) is 2.57. The van der Waals surface area contributed by atoms with E-state index >= 15 is 0 Å². The molecular weight excluding hydrogens is 721 g/mol. The summed E-state index contributed by atoms with van der Waals surface area (Å²) in [6.45, 7) is 0. The zero-order valence-electron chi connectivity index (χ0n) is 18.1. The van der Waals surface area contributed by atoms with Gasteiger partial charge in [-0.15, -0.1) is 0 Å². The number of aliphatic hydroxyl groups excluding tert-OH is 1. The lowest BCUT2D eigenvalue weighted by Crippen LogP contribution is -2.66. The van der Waals surface area contributed by atoms with Crippen molar-refractivity contribution in [1.82, 2.24) is 0 Å². The number of hydrogen-bond donors (Lipinski definition) is 13. The first kappa shape index (κ1) is 38.8. The van der Waals surface area contributed by atoms with Crippen LogP contribution in [-0.4, -0.2) is 100 Å². The van der Waals surface area contributed by atoms with Crippen molar-refractivity contribution < 1.29 is 127 Å². The molecule has 8 atom stereocenters. The second-order valence-electron chi connectivity index (χ2n) is 6.89. The van der Waals surface area contributed by atoms with E-state index in [1.807, 2.05) is 0 Å². The first-order chi connectivity index (χ1) is 17.3. The molecule has 1 saturated carbocycles. The van der Waals surface area contributed by atoms with E-state index in [4.69, 9.17) is 39.1 Å². The number of hydrogen-bond acceptors (Lipinski definition) is 15. The molecule has 0 spiro atoms. The highest BCUT2D eigenvalue weighted by atomic mass is 31.3. The fourth-order valence-corrected chi connectivity index (χ4v) is 8.07. The van der Waals surface area contributed by atoms with E-state index in [1.54, 1.807) is 0 Å². The van der Waals surface area contributed by atoms with Gasteiger partial charge in [-0.05, 0) is 0 Å². The Morgan fingerprint density at radius 1 is 0.350 bits per heavy atom. The van der Waals surface area contributed by atoms with Gasteiger partial charge < -0.3 is 63.8 Å². The number of phosphoric acid groups is 7. The molecule has 0 radical (unpaired) electrons. The lowest BCUT2D eigenvalue weighted by molar-refractivity contribution is -0.205. The summed E-state index contributed by atoms with van der Waals surface area (Å²) < 4.78 is 108. The highest BCUT2D eigenvalue weighted by molar-refractivity contribution is 7.61. The van der Waals surface area contributed by atoms with E-state index < -0.39 is 91.4 Å². The van der Waals surface area contributed by atoms with Gasteiger partial charge >= 0.3 is 54.8 Å². The van der Waals surface area contributed by atoms with Crippen LogP contribution in [0.4, 0.5) is 0 Å². The Hall–Kier alpha value is 0.810. The molecule has 0 amide bonds. The summed E-state index contributed by atoms with van der Waals surface area (Å²) >= 11 is 0. The van der Waals surface area contributed by atoms with Gasteiger partial charge in [-0.1, -0.05) is 0 Å². The van der Waals surface area contributed by atoms with Crippen molar-refractivity contribution >= 4 is 54.8 Å². The van der Waals surface area contributed by atoms with Crippen LogP contribution in [0.3, 0.4) is 0 Å². The SMILES string of the molecule is O=P(O)(O)O[C@@H]1[C@@H](OP(=O)(O)O)[C@H](OP(=O)(O)O)[C@H](O)[C@H](OP(=O)(O)OP(=O)(O)O)[C@H]1OP(=O)(O)OP(=O)(O)O. The van der Waals surface area contributed by atoms with Crippen LogP contribution in [-0.2, 0) is 63.2 Å². The first-order valence-electron chi connectivity index (χ1n) is 8.76. The van der Waals surface area contributed by atoms with Crippen molar-refractivity contribution in [1.29, 1.82) is 0 Å². The predicted molar refractivity (Wildman–Crippen MR) is 112 cm³/mol. The molecule has 2 unspecified atom stereocenters. The van der Waals surface area contributed by atoms with Crippen molar-refractivity contribution in [2.24, 2.45) is 0 Å². The van der Waals surface area contributed by atoms with Gasteiger partial charge in [-0.25, -0.2) is 32.0 Å². The summed E-state index contributed by atoms with van der Waals surface area (Å²) in [6.07, 6.45) is -19.5. The predicted octanol–water partition coefficient (Wildman–Crippen LogP) is -3.02. The van der Waals surface area contributed by atoms with Gasteiger partial charge in [0.15, 0.2) is 0 Å². The van der Waals surface area contributed by atoms with Crippen LogP contribution >= 0.6 is 54.8 Å². The second-order valence-corrected chi connectivity index (χ2v) is 16.0. The zero-order valence-corrected chi connectivity index (χ0v) is 24.4. The van der Waals surface area contributed by atoms with E-state index in [0.29, 0.717) is 0 Å². The Morgan fingerprint density at radius 2 is 0.575 bits per heavy atom. The number of phosphoric ester groups is 5. The normalized spacial score (nSPS) is 30.4. The lowest BCUT2D eigenvalue weighted by atomic mass is 9.85. The van der Waals surface area contributed by atoms with E-state index in [2.05, 4.69) is 31.2 Å². The standard InChI is InChI=1S/C6H19O27P7/c7-1-2(27-34(8,9)10)4(28-35(11,12)13)6(29-36(14,15)16)5(31-40(25,26)33-38(20,21)22)3(1)30-39(23,24)32-37(17,18)19/h1-7H,(H,23,24)(H,25,26)(H2,8,9,10)(H2,11,12,13)(H2,14,15,16)(H2,17,18,19)(H2,20,21,22)/t1-,2+,3-,4-,5+,6+/m0/s1. The van der Waals surface area contributed by atoms with Gasteiger partial charge in [0.1, 0.15) is 36.6 Å². The van der Waals surface area contributed by atoms with Gasteiger partial charge in [0, 0.05) is 0 Å². The largest absolute Gasteiger partial charge is 0.481 e. The molecule has 40 heavy (non-hydrogen) atoms. The van der Waals surface area contributed by atoms with Crippen molar-refractivity contribution in [2.45, 2.75) is 36.6 Å². The van der Waals surface area contributed by atoms with Crippen LogP contribution in [0.15, 0.2) is 0 Å². The lowest BCUT2D eigenvalue weighted by Gasteiger charge is -2.47. The van der Waals surface area contributed by atoms with Crippen LogP contribution in [0, 0.1) is 0 Å². The van der Waals surface area contributed by atoms with E-state index in [-0.39, 0.29) is 0 Å². The van der Waals surface area contributed by atoms with E-state index in [1.165, 1.54) is 0 Å². The maximum atomic E-state index is 12.2. The minimum Gasteiger partial charge on any atom is -0.387 e. The third-order valence-electron chi connectivity index (χ3n) is 3.67. The topological polar surface area (TPSA) is 447 Å². The molecule has 13 N–H and O–H groups in total. The maximum Gasteiger partial charge on any atom is 0.481 e. The average molecular weight is 740 g/mol. The van der Waals surface area contributed by atoms with Crippen LogP contribution in [0.25, 0.3) is 0 Å². The second kappa shape index (κ2) is 13.0. The first-order valence-corrected chi connectivity index (χ1v) is 19.4. The minimum absolute atomic E-state index is 3.13. The fraction of sp³-hybridized carbons (Fsp3) is 1.00. The summed E-state index contributed by atoms with van der Waals surface area (Å²) in [6, 6.07) is 0. The Labute approximate surface area is 219 Å². The van der Waals surface area contributed by atoms with Gasteiger partial charge in [-0.3, -0.25) is 22.6 Å². The molecule has 27 nitrogen and oxygen atoms in total. The molecule has 1 aliphatic carbocycles. The monoisotopic (exact) mass is 740 g/mol. The molecule has 0 heterocycles. The van der Waals surface area contributed by atoms with Crippen LogP contribution < -0.4 is 0 Å². The van der Waals surface area contributed by atoms with Crippen LogP contribution in [0.2, 0.25) is 0 Å². The summed E-state index contributed by atoms with van der Waals surface area (Å²) in [7, 11) is -43.0. The van der Waals surface area contributed by atoms with Gasteiger partial charge in [0.05, 0.1) is 0 Å². The summed E-state index contributed by atoms with van der Waals surface area (Å²) in [5.74, 6) is 0. The Kier molecular flexibility index (Phi) is 12.7. The maximum absolute atomic E-state index is 12.2. The molecule has 1 rings (SSSR count). The molecule has 0 aromatic carbocycles. The summed E-state index contributed by atoms with van der Waals surface area (Å²) in [5.41, 5.74) is 0. The molecule has 0 bridgehead atoms. The molecule has 240 valence electrons. The number of rotatable bonds is 14.